The van der Waals surface area contributed by atoms with E-state index in [4.69, 9.17) is 19.9 Å². The number of carboxylic acids is 1. The molecule has 0 amide bonds. The minimum Gasteiger partial charge on any atom is -0.480 e. The predicted octanol–water partition coefficient (Wildman–Crippen LogP) is 1.95. The van der Waals surface area contributed by atoms with Crippen molar-refractivity contribution in [2.24, 2.45) is 5.73 Å². The van der Waals surface area contributed by atoms with Gasteiger partial charge in [0.05, 0.1) is 13.2 Å². The molecule has 3 N–H and O–H groups in total. The Morgan fingerprint density at radius 1 is 1.31 bits per heavy atom. The van der Waals surface area contributed by atoms with Crippen LogP contribution in [0.2, 0.25) is 0 Å². The van der Waals surface area contributed by atoms with Crippen LogP contribution in [0.15, 0.2) is 0 Å². The van der Waals surface area contributed by atoms with Crippen molar-refractivity contribution in [3.05, 3.63) is 0 Å². The highest BCUT2D eigenvalue weighted by Gasteiger charge is 2.12. The quantitative estimate of drug-likeness (QED) is 0.458. The molecule has 1 atom stereocenters. The fourth-order valence-corrected chi connectivity index (χ4v) is 2.57. The second-order valence-electron chi connectivity index (χ2n) is 3.33. The molecule has 0 fully saturated rings. The van der Waals surface area contributed by atoms with Crippen LogP contribution in [-0.4, -0.2) is 36.5 Å². The molecule has 0 aliphatic carbocycles. The summed E-state index contributed by atoms with van der Waals surface area (Å²) in [5, 5.41) is 8.59. The fraction of sp³-hybridized carbons (Fsp3) is 0.900. The number of rotatable bonds is 10. The Labute approximate surface area is 98.2 Å². The number of hydrogen-bond acceptors (Lipinski definition) is 4. The van der Waals surface area contributed by atoms with Gasteiger partial charge in [0, 0.05) is 6.16 Å². The first kappa shape index (κ1) is 15.8. The maximum absolute atomic E-state index is 10.5. The third kappa shape index (κ3) is 7.99. The molecule has 96 valence electrons. The SMILES string of the molecule is CCOP(CCCCC(N)C(=O)O)OCC. The van der Waals surface area contributed by atoms with Gasteiger partial charge in [-0.15, -0.1) is 0 Å². The van der Waals surface area contributed by atoms with Crippen molar-refractivity contribution in [1.82, 2.24) is 0 Å². The molecular weight excluding hydrogens is 229 g/mol. The zero-order valence-electron chi connectivity index (χ0n) is 10.0. The van der Waals surface area contributed by atoms with Crippen molar-refractivity contribution in [3.63, 3.8) is 0 Å². The normalized spacial score (nSPS) is 13.0. The van der Waals surface area contributed by atoms with Crippen molar-refractivity contribution in [3.8, 4) is 0 Å². The van der Waals surface area contributed by atoms with Gasteiger partial charge in [-0.1, -0.05) is 6.42 Å². The van der Waals surface area contributed by atoms with Gasteiger partial charge in [0.1, 0.15) is 6.04 Å². The molecule has 0 bridgehead atoms. The maximum atomic E-state index is 10.5. The van der Waals surface area contributed by atoms with E-state index in [9.17, 15) is 4.79 Å². The topological polar surface area (TPSA) is 81.8 Å². The fourth-order valence-electron chi connectivity index (χ4n) is 1.18. The highest BCUT2D eigenvalue weighted by atomic mass is 31.2. The second-order valence-corrected chi connectivity index (χ2v) is 4.96. The van der Waals surface area contributed by atoms with Crippen LogP contribution in [0, 0.1) is 0 Å². The lowest BCUT2D eigenvalue weighted by Crippen LogP contribution is -2.29. The molecule has 0 heterocycles. The second kappa shape index (κ2) is 9.97. The van der Waals surface area contributed by atoms with Crippen molar-refractivity contribution >= 4 is 14.3 Å². The smallest absolute Gasteiger partial charge is 0.320 e. The van der Waals surface area contributed by atoms with Crippen molar-refractivity contribution in [2.45, 2.75) is 39.2 Å². The summed E-state index contributed by atoms with van der Waals surface area (Å²) < 4.78 is 10.9. The Morgan fingerprint density at radius 3 is 2.31 bits per heavy atom. The monoisotopic (exact) mass is 251 g/mol. The molecule has 0 saturated carbocycles. The Balaban J connectivity index is 3.57. The van der Waals surface area contributed by atoms with E-state index < -0.39 is 20.4 Å². The molecule has 5 nitrogen and oxygen atoms in total. The minimum atomic E-state index is -0.933. The molecule has 0 aromatic heterocycles. The van der Waals surface area contributed by atoms with E-state index in [1.807, 2.05) is 13.8 Å². The van der Waals surface area contributed by atoms with E-state index in [1.165, 1.54) is 0 Å². The van der Waals surface area contributed by atoms with Crippen LogP contribution in [0.4, 0.5) is 0 Å². The minimum absolute atomic E-state index is 0.511. The highest BCUT2D eigenvalue weighted by Crippen LogP contribution is 2.38. The van der Waals surface area contributed by atoms with Crippen LogP contribution in [0.3, 0.4) is 0 Å². The van der Waals surface area contributed by atoms with Gasteiger partial charge < -0.3 is 19.9 Å². The number of hydrogen-bond donors (Lipinski definition) is 2. The van der Waals surface area contributed by atoms with Crippen LogP contribution in [0.1, 0.15) is 33.1 Å². The highest BCUT2D eigenvalue weighted by molar-refractivity contribution is 7.47. The van der Waals surface area contributed by atoms with Crippen molar-refractivity contribution in [1.29, 1.82) is 0 Å². The first-order chi connectivity index (χ1) is 7.61. The predicted molar refractivity (Wildman–Crippen MR) is 64.5 cm³/mol. The van der Waals surface area contributed by atoms with E-state index in [0.29, 0.717) is 19.6 Å². The number of carboxylic acid groups (broad SMARTS) is 1. The van der Waals surface area contributed by atoms with Gasteiger partial charge >= 0.3 is 5.97 Å². The standard InChI is InChI=1S/C10H22NO4P/c1-3-14-16(15-4-2)8-6-5-7-9(11)10(12)13/h9H,3-8,11H2,1-2H3,(H,12,13). The Kier molecular flexibility index (Phi) is 9.83. The van der Waals surface area contributed by atoms with E-state index >= 15 is 0 Å². The van der Waals surface area contributed by atoms with Gasteiger partial charge in [-0.05, 0) is 26.7 Å². The lowest BCUT2D eigenvalue weighted by atomic mass is 10.1. The first-order valence-corrected chi connectivity index (χ1v) is 6.99. The number of aliphatic carboxylic acids is 1. The molecule has 1 unspecified atom stereocenters. The van der Waals surface area contributed by atoms with Gasteiger partial charge in [0.25, 0.3) is 0 Å². The number of nitrogens with two attached hydrogens (primary N) is 1. The van der Waals surface area contributed by atoms with Gasteiger partial charge in [-0.25, -0.2) is 0 Å². The summed E-state index contributed by atoms with van der Waals surface area (Å²) in [7, 11) is -0.795. The summed E-state index contributed by atoms with van der Waals surface area (Å²) in [6.07, 6.45) is 3.05. The third-order valence-electron chi connectivity index (χ3n) is 1.97. The summed E-state index contributed by atoms with van der Waals surface area (Å²) in [6, 6.07) is -0.745. The molecule has 0 spiro atoms. The molecule has 0 radical (unpaired) electrons. The zero-order chi connectivity index (χ0) is 12.4. The summed E-state index contributed by atoms with van der Waals surface area (Å²) in [5.41, 5.74) is 5.39. The van der Waals surface area contributed by atoms with Gasteiger partial charge in [-0.2, -0.15) is 0 Å². The molecule has 0 saturated heterocycles. The summed E-state index contributed by atoms with van der Waals surface area (Å²) >= 11 is 0. The molecular formula is C10H22NO4P. The third-order valence-corrected chi connectivity index (χ3v) is 3.74. The summed E-state index contributed by atoms with van der Waals surface area (Å²) in [4.78, 5) is 10.5. The molecule has 0 aliphatic rings. The van der Waals surface area contributed by atoms with E-state index in [-0.39, 0.29) is 0 Å². The van der Waals surface area contributed by atoms with Gasteiger partial charge in [-0.3, -0.25) is 4.79 Å². The van der Waals surface area contributed by atoms with Gasteiger partial charge in [0.15, 0.2) is 8.38 Å². The molecule has 0 aromatic carbocycles. The Morgan fingerprint density at radius 2 is 1.88 bits per heavy atom. The van der Waals surface area contributed by atoms with E-state index in [0.717, 1.165) is 19.0 Å². The van der Waals surface area contributed by atoms with Crippen LogP contribution in [-0.2, 0) is 13.8 Å². The van der Waals surface area contributed by atoms with Crippen LogP contribution in [0.25, 0.3) is 0 Å². The average Bonchev–Trinajstić information content (AvgIpc) is 2.24. The largest absolute Gasteiger partial charge is 0.480 e. The van der Waals surface area contributed by atoms with E-state index in [2.05, 4.69) is 0 Å². The summed E-state index contributed by atoms with van der Waals surface area (Å²) in [6.45, 7) is 5.18. The van der Waals surface area contributed by atoms with E-state index in [1.54, 1.807) is 0 Å². The lowest BCUT2D eigenvalue weighted by Gasteiger charge is -2.15. The molecule has 6 heteroatoms. The van der Waals surface area contributed by atoms with Crippen LogP contribution >= 0.6 is 8.38 Å². The average molecular weight is 251 g/mol. The number of unbranched alkanes of at least 4 members (excludes halogenated alkanes) is 1. The first-order valence-electron chi connectivity index (χ1n) is 5.63. The van der Waals surface area contributed by atoms with Crippen molar-refractivity contribution < 1.29 is 18.9 Å². The number of carbonyl (C=O) groups is 1. The lowest BCUT2D eigenvalue weighted by molar-refractivity contribution is -0.138. The van der Waals surface area contributed by atoms with Gasteiger partial charge in [0.2, 0.25) is 0 Å². The molecule has 16 heavy (non-hydrogen) atoms. The zero-order valence-corrected chi connectivity index (χ0v) is 10.9. The maximum Gasteiger partial charge on any atom is 0.320 e. The van der Waals surface area contributed by atoms with Crippen molar-refractivity contribution in [2.75, 3.05) is 19.4 Å². The molecule has 0 aromatic rings. The summed E-state index contributed by atoms with van der Waals surface area (Å²) in [5.74, 6) is -0.933. The molecule has 0 rings (SSSR count). The Bertz CT molecular complexity index is 186. The van der Waals surface area contributed by atoms with Crippen LogP contribution in [0.5, 0.6) is 0 Å². The Hall–Kier alpha value is -0.220. The van der Waals surface area contributed by atoms with Crippen LogP contribution < -0.4 is 5.73 Å². The molecule has 0 aliphatic heterocycles.